The summed E-state index contributed by atoms with van der Waals surface area (Å²) in [4.78, 5) is 11.1. The molecule has 3 aromatic rings. The topological polar surface area (TPSA) is 38.2 Å². The van der Waals surface area contributed by atoms with E-state index in [9.17, 15) is 0 Å². The maximum Gasteiger partial charge on any atom is 0.139 e. The molecular weight excluding hydrogens is 298 g/mol. The number of methoxy groups -OCH3 is 1. The Balaban J connectivity index is 0.000000238. The SMILES string of the molecule is CCc1cc2c(N3CCC3)ncnc2cc1OC.c1ccccc1. The van der Waals surface area contributed by atoms with Crippen LogP contribution in [0, 0.1) is 0 Å². The molecule has 0 unspecified atom stereocenters. The molecule has 1 saturated heterocycles. The van der Waals surface area contributed by atoms with Gasteiger partial charge in [-0.1, -0.05) is 43.3 Å². The molecule has 4 nitrogen and oxygen atoms in total. The van der Waals surface area contributed by atoms with Gasteiger partial charge in [-0.15, -0.1) is 0 Å². The first-order valence-corrected chi connectivity index (χ1v) is 8.40. The third kappa shape index (κ3) is 3.48. The van der Waals surface area contributed by atoms with Crippen LogP contribution >= 0.6 is 0 Å². The van der Waals surface area contributed by atoms with E-state index < -0.39 is 0 Å². The van der Waals surface area contributed by atoms with E-state index in [4.69, 9.17) is 4.74 Å². The van der Waals surface area contributed by atoms with Crippen molar-refractivity contribution in [3.05, 3.63) is 60.4 Å². The van der Waals surface area contributed by atoms with Crippen LogP contribution in [0.4, 0.5) is 5.82 Å². The molecule has 0 atom stereocenters. The van der Waals surface area contributed by atoms with Crippen LogP contribution in [0.3, 0.4) is 0 Å². The predicted molar refractivity (Wildman–Crippen MR) is 98.7 cm³/mol. The Hall–Kier alpha value is -2.62. The minimum absolute atomic E-state index is 0.915. The Kier molecular flexibility index (Phi) is 5.26. The molecule has 4 heteroatoms. The Labute approximate surface area is 143 Å². The van der Waals surface area contributed by atoms with Gasteiger partial charge in [0, 0.05) is 24.5 Å². The van der Waals surface area contributed by atoms with Crippen molar-refractivity contribution in [3.63, 3.8) is 0 Å². The summed E-state index contributed by atoms with van der Waals surface area (Å²) in [6, 6.07) is 16.2. The van der Waals surface area contributed by atoms with Crippen LogP contribution in [-0.2, 0) is 6.42 Å². The number of ether oxygens (including phenoxy) is 1. The number of aromatic nitrogens is 2. The second-order valence-electron chi connectivity index (χ2n) is 5.73. The van der Waals surface area contributed by atoms with Crippen molar-refractivity contribution in [1.29, 1.82) is 0 Å². The van der Waals surface area contributed by atoms with Gasteiger partial charge in [0.1, 0.15) is 17.9 Å². The van der Waals surface area contributed by atoms with E-state index in [1.807, 2.05) is 42.5 Å². The van der Waals surface area contributed by atoms with Crippen molar-refractivity contribution in [2.24, 2.45) is 0 Å². The maximum atomic E-state index is 5.41. The van der Waals surface area contributed by atoms with E-state index in [1.165, 1.54) is 12.0 Å². The standard InChI is InChI=1S/C14H17N3O.C6H6/c1-3-10-7-11-12(8-13(10)18-2)15-9-16-14(11)17-5-4-6-17;1-2-4-6-5-3-1/h7-9H,3-6H2,1-2H3;1-6H. The van der Waals surface area contributed by atoms with E-state index in [-0.39, 0.29) is 0 Å². The number of fused-ring (bicyclic) bond motifs is 1. The highest BCUT2D eigenvalue weighted by molar-refractivity contribution is 5.91. The second kappa shape index (κ2) is 7.77. The molecule has 4 rings (SSSR count). The van der Waals surface area contributed by atoms with Crippen LogP contribution in [0.15, 0.2) is 54.9 Å². The summed E-state index contributed by atoms with van der Waals surface area (Å²) in [5.41, 5.74) is 2.17. The van der Waals surface area contributed by atoms with Crippen LogP contribution in [0.5, 0.6) is 5.75 Å². The van der Waals surface area contributed by atoms with Gasteiger partial charge in [-0.3, -0.25) is 0 Å². The third-order valence-corrected chi connectivity index (χ3v) is 4.22. The monoisotopic (exact) mass is 321 g/mol. The molecule has 2 heterocycles. The molecule has 0 N–H and O–H groups in total. The van der Waals surface area contributed by atoms with E-state index in [0.717, 1.165) is 42.0 Å². The zero-order valence-electron chi connectivity index (χ0n) is 14.3. The largest absolute Gasteiger partial charge is 0.496 e. The molecule has 124 valence electrons. The Morgan fingerprint density at radius 1 is 1.00 bits per heavy atom. The van der Waals surface area contributed by atoms with Gasteiger partial charge in [0.25, 0.3) is 0 Å². The number of nitrogens with zero attached hydrogens (tertiary/aromatic N) is 3. The van der Waals surface area contributed by atoms with Gasteiger partial charge in [-0.25, -0.2) is 9.97 Å². The lowest BCUT2D eigenvalue weighted by molar-refractivity contribution is 0.410. The number of anilines is 1. The molecule has 24 heavy (non-hydrogen) atoms. The zero-order chi connectivity index (χ0) is 16.8. The summed E-state index contributed by atoms with van der Waals surface area (Å²) in [6.07, 6.45) is 3.84. The average molecular weight is 321 g/mol. The molecule has 0 aliphatic carbocycles. The number of rotatable bonds is 3. The van der Waals surface area contributed by atoms with Crippen LogP contribution in [0.2, 0.25) is 0 Å². The lowest BCUT2D eigenvalue weighted by Crippen LogP contribution is -2.37. The average Bonchev–Trinajstić information content (AvgIpc) is 2.61. The zero-order valence-corrected chi connectivity index (χ0v) is 14.3. The smallest absolute Gasteiger partial charge is 0.139 e. The van der Waals surface area contributed by atoms with E-state index in [0.29, 0.717) is 0 Å². The van der Waals surface area contributed by atoms with Crippen LogP contribution in [-0.4, -0.2) is 30.2 Å². The van der Waals surface area contributed by atoms with Crippen LogP contribution < -0.4 is 9.64 Å². The Morgan fingerprint density at radius 3 is 2.17 bits per heavy atom. The maximum absolute atomic E-state index is 5.41. The molecule has 2 aromatic carbocycles. The first-order valence-electron chi connectivity index (χ1n) is 8.40. The highest BCUT2D eigenvalue weighted by Gasteiger charge is 2.19. The summed E-state index contributed by atoms with van der Waals surface area (Å²) in [5, 5.41) is 1.13. The summed E-state index contributed by atoms with van der Waals surface area (Å²) >= 11 is 0. The first kappa shape index (κ1) is 16.2. The number of benzene rings is 2. The molecule has 0 saturated carbocycles. The predicted octanol–water partition coefficient (Wildman–Crippen LogP) is 4.10. The van der Waals surface area contributed by atoms with Crippen molar-refractivity contribution in [2.45, 2.75) is 19.8 Å². The highest BCUT2D eigenvalue weighted by Crippen LogP contribution is 2.31. The van der Waals surface area contributed by atoms with E-state index in [2.05, 4.69) is 27.9 Å². The van der Waals surface area contributed by atoms with Crippen molar-refractivity contribution in [3.8, 4) is 5.75 Å². The highest BCUT2D eigenvalue weighted by atomic mass is 16.5. The molecule has 0 amide bonds. The van der Waals surface area contributed by atoms with Crippen LogP contribution in [0.25, 0.3) is 10.9 Å². The van der Waals surface area contributed by atoms with Crippen molar-refractivity contribution in [2.75, 3.05) is 25.1 Å². The number of hydrogen-bond acceptors (Lipinski definition) is 4. The van der Waals surface area contributed by atoms with Gasteiger partial charge in [-0.2, -0.15) is 0 Å². The fraction of sp³-hybridized carbons (Fsp3) is 0.300. The number of hydrogen-bond donors (Lipinski definition) is 0. The second-order valence-corrected chi connectivity index (χ2v) is 5.73. The molecule has 1 aromatic heterocycles. The van der Waals surface area contributed by atoms with Crippen molar-refractivity contribution < 1.29 is 4.74 Å². The van der Waals surface area contributed by atoms with Crippen molar-refractivity contribution >= 4 is 16.7 Å². The lowest BCUT2D eigenvalue weighted by Gasteiger charge is -2.32. The van der Waals surface area contributed by atoms with Gasteiger partial charge in [0.2, 0.25) is 0 Å². The quantitative estimate of drug-likeness (QED) is 0.728. The Bertz CT molecular complexity index is 759. The summed E-state index contributed by atoms with van der Waals surface area (Å²) in [5.74, 6) is 1.97. The minimum Gasteiger partial charge on any atom is -0.496 e. The third-order valence-electron chi connectivity index (χ3n) is 4.22. The minimum atomic E-state index is 0.915. The molecule has 1 fully saturated rings. The van der Waals surface area contributed by atoms with Gasteiger partial charge in [0.05, 0.1) is 12.6 Å². The Morgan fingerprint density at radius 2 is 1.67 bits per heavy atom. The fourth-order valence-corrected chi connectivity index (χ4v) is 2.75. The molecule has 0 bridgehead atoms. The molecular formula is C20H23N3O. The summed E-state index contributed by atoms with van der Waals surface area (Å²) < 4.78 is 5.41. The van der Waals surface area contributed by atoms with E-state index >= 15 is 0 Å². The fourth-order valence-electron chi connectivity index (χ4n) is 2.75. The molecule has 0 spiro atoms. The summed E-state index contributed by atoms with van der Waals surface area (Å²) in [6.45, 7) is 4.33. The van der Waals surface area contributed by atoms with Gasteiger partial charge in [-0.05, 0) is 24.5 Å². The van der Waals surface area contributed by atoms with Gasteiger partial charge in [0.15, 0.2) is 0 Å². The lowest BCUT2D eigenvalue weighted by atomic mass is 10.1. The molecule has 1 aliphatic heterocycles. The van der Waals surface area contributed by atoms with Crippen molar-refractivity contribution in [1.82, 2.24) is 9.97 Å². The summed E-state index contributed by atoms with van der Waals surface area (Å²) in [7, 11) is 1.71. The first-order chi connectivity index (χ1) is 11.8. The van der Waals surface area contributed by atoms with E-state index in [1.54, 1.807) is 13.4 Å². The number of aryl methyl sites for hydroxylation is 1. The van der Waals surface area contributed by atoms with Gasteiger partial charge >= 0.3 is 0 Å². The van der Waals surface area contributed by atoms with Crippen LogP contribution in [0.1, 0.15) is 18.9 Å². The van der Waals surface area contributed by atoms with Gasteiger partial charge < -0.3 is 9.64 Å². The molecule has 1 aliphatic rings. The normalized spacial score (nSPS) is 13.0. The molecule has 0 radical (unpaired) electrons.